The van der Waals surface area contributed by atoms with Crippen molar-refractivity contribution in [3.63, 3.8) is 0 Å². The summed E-state index contributed by atoms with van der Waals surface area (Å²) in [4.78, 5) is 9.06. The largest absolute Gasteiger partial charge is 0.324 e. The quantitative estimate of drug-likeness (QED) is 0.888. The summed E-state index contributed by atoms with van der Waals surface area (Å²) in [6, 6.07) is 12.1. The molecule has 18 heavy (non-hydrogen) atoms. The Morgan fingerprint density at radius 3 is 2.56 bits per heavy atom. The first-order valence-electron chi connectivity index (χ1n) is 6.40. The maximum Gasteiger partial charge on any atom is 0.227 e. The molecule has 1 aromatic carbocycles. The fourth-order valence-electron chi connectivity index (χ4n) is 2.22. The summed E-state index contributed by atoms with van der Waals surface area (Å²) in [5, 5.41) is 3.26. The van der Waals surface area contributed by atoms with Gasteiger partial charge in [0.25, 0.3) is 0 Å². The SMILES string of the molecule is Cc1cc(C2CC2C)nc(Nc2ccccc2)n1. The Labute approximate surface area is 107 Å². The van der Waals surface area contributed by atoms with Gasteiger partial charge in [-0.1, -0.05) is 25.1 Å². The maximum atomic E-state index is 4.62. The van der Waals surface area contributed by atoms with Crippen molar-refractivity contribution in [2.75, 3.05) is 5.32 Å². The van der Waals surface area contributed by atoms with Crippen LogP contribution in [-0.2, 0) is 0 Å². The number of rotatable bonds is 3. The van der Waals surface area contributed by atoms with Crippen LogP contribution >= 0.6 is 0 Å². The highest BCUT2D eigenvalue weighted by Crippen LogP contribution is 2.46. The van der Waals surface area contributed by atoms with Crippen molar-refractivity contribution in [3.8, 4) is 0 Å². The molecule has 0 spiro atoms. The normalized spacial score (nSPS) is 21.7. The molecule has 3 heteroatoms. The topological polar surface area (TPSA) is 37.8 Å². The molecule has 0 bridgehead atoms. The summed E-state index contributed by atoms with van der Waals surface area (Å²) in [6.45, 7) is 4.29. The zero-order chi connectivity index (χ0) is 12.5. The van der Waals surface area contributed by atoms with Gasteiger partial charge in [0.2, 0.25) is 5.95 Å². The fraction of sp³-hybridized carbons (Fsp3) is 0.333. The third-order valence-electron chi connectivity index (χ3n) is 3.39. The van der Waals surface area contributed by atoms with Crippen LogP contribution in [0.5, 0.6) is 0 Å². The van der Waals surface area contributed by atoms with Crippen molar-refractivity contribution in [1.82, 2.24) is 9.97 Å². The Balaban J connectivity index is 1.86. The molecule has 0 radical (unpaired) electrons. The minimum atomic E-state index is 0.628. The molecular formula is C15H17N3. The van der Waals surface area contributed by atoms with E-state index in [1.165, 1.54) is 12.1 Å². The first kappa shape index (κ1) is 11.2. The summed E-state index contributed by atoms with van der Waals surface area (Å²) in [7, 11) is 0. The highest BCUT2D eigenvalue weighted by atomic mass is 15.1. The third kappa shape index (κ3) is 2.35. The van der Waals surface area contributed by atoms with Gasteiger partial charge >= 0.3 is 0 Å². The van der Waals surface area contributed by atoms with Gasteiger partial charge in [-0.15, -0.1) is 0 Å². The first-order valence-corrected chi connectivity index (χ1v) is 6.40. The van der Waals surface area contributed by atoms with Crippen molar-refractivity contribution in [3.05, 3.63) is 47.8 Å². The summed E-state index contributed by atoms with van der Waals surface area (Å²) in [6.07, 6.45) is 1.25. The molecular weight excluding hydrogens is 222 g/mol. The summed E-state index contributed by atoms with van der Waals surface area (Å²) < 4.78 is 0. The van der Waals surface area contributed by atoms with E-state index in [1.54, 1.807) is 0 Å². The predicted molar refractivity (Wildman–Crippen MR) is 73.0 cm³/mol. The molecule has 2 atom stereocenters. The second kappa shape index (κ2) is 4.41. The standard InChI is InChI=1S/C15H17N3/c1-10-8-13(10)14-9-11(2)16-15(18-14)17-12-6-4-3-5-7-12/h3-7,9-10,13H,8H2,1-2H3,(H,16,17,18). The lowest BCUT2D eigenvalue weighted by Gasteiger charge is -2.07. The van der Waals surface area contributed by atoms with Crippen molar-refractivity contribution in [2.45, 2.75) is 26.2 Å². The molecule has 0 amide bonds. The Kier molecular flexibility index (Phi) is 2.74. The lowest BCUT2D eigenvalue weighted by Crippen LogP contribution is -2.01. The summed E-state index contributed by atoms with van der Waals surface area (Å²) >= 11 is 0. The van der Waals surface area contributed by atoms with Crippen LogP contribution in [0, 0.1) is 12.8 Å². The lowest BCUT2D eigenvalue weighted by molar-refractivity contribution is 0.874. The van der Waals surface area contributed by atoms with Crippen LogP contribution in [0.3, 0.4) is 0 Å². The van der Waals surface area contributed by atoms with Gasteiger partial charge in [-0.3, -0.25) is 0 Å². The molecule has 3 nitrogen and oxygen atoms in total. The van der Waals surface area contributed by atoms with Crippen LogP contribution in [0.2, 0.25) is 0 Å². The second-order valence-corrected chi connectivity index (χ2v) is 5.07. The van der Waals surface area contributed by atoms with E-state index in [-0.39, 0.29) is 0 Å². The van der Waals surface area contributed by atoms with Crippen LogP contribution in [0.25, 0.3) is 0 Å². The number of para-hydroxylation sites is 1. The van der Waals surface area contributed by atoms with Gasteiger partial charge in [-0.25, -0.2) is 9.97 Å². The molecule has 1 saturated carbocycles. The van der Waals surface area contributed by atoms with E-state index < -0.39 is 0 Å². The average Bonchev–Trinajstić information content (AvgIpc) is 3.07. The number of anilines is 2. The van der Waals surface area contributed by atoms with E-state index in [9.17, 15) is 0 Å². The summed E-state index contributed by atoms with van der Waals surface area (Å²) in [5.41, 5.74) is 3.23. The van der Waals surface area contributed by atoms with E-state index in [1.807, 2.05) is 37.3 Å². The third-order valence-corrected chi connectivity index (χ3v) is 3.39. The van der Waals surface area contributed by atoms with Crippen molar-refractivity contribution in [2.24, 2.45) is 5.92 Å². The Bertz CT molecular complexity index is 551. The van der Waals surface area contributed by atoms with Gasteiger partial charge in [0.05, 0.1) is 0 Å². The van der Waals surface area contributed by atoms with E-state index in [0.717, 1.165) is 17.3 Å². The van der Waals surface area contributed by atoms with E-state index in [0.29, 0.717) is 11.9 Å². The molecule has 0 aliphatic heterocycles. The van der Waals surface area contributed by atoms with Crippen molar-refractivity contribution >= 4 is 11.6 Å². The zero-order valence-electron chi connectivity index (χ0n) is 10.7. The predicted octanol–water partition coefficient (Wildman–Crippen LogP) is 3.65. The van der Waals surface area contributed by atoms with Gasteiger partial charge < -0.3 is 5.32 Å². The zero-order valence-corrected chi connectivity index (χ0v) is 10.7. The molecule has 1 N–H and O–H groups in total. The fourth-order valence-corrected chi connectivity index (χ4v) is 2.22. The minimum Gasteiger partial charge on any atom is -0.324 e. The molecule has 1 aliphatic rings. The summed E-state index contributed by atoms with van der Waals surface area (Å²) in [5.74, 6) is 2.10. The molecule has 2 aromatic rings. The number of aromatic nitrogens is 2. The van der Waals surface area contributed by atoms with E-state index >= 15 is 0 Å². The minimum absolute atomic E-state index is 0.628. The maximum absolute atomic E-state index is 4.62. The first-order chi connectivity index (χ1) is 8.72. The average molecular weight is 239 g/mol. The van der Waals surface area contributed by atoms with Crippen molar-refractivity contribution in [1.29, 1.82) is 0 Å². The molecule has 1 aliphatic carbocycles. The molecule has 1 heterocycles. The van der Waals surface area contributed by atoms with Gasteiger partial charge in [-0.2, -0.15) is 0 Å². The monoisotopic (exact) mass is 239 g/mol. The number of aryl methyl sites for hydroxylation is 1. The Morgan fingerprint density at radius 2 is 1.89 bits per heavy atom. The molecule has 3 rings (SSSR count). The van der Waals surface area contributed by atoms with Crippen LogP contribution in [0.4, 0.5) is 11.6 Å². The Morgan fingerprint density at radius 1 is 1.17 bits per heavy atom. The van der Waals surface area contributed by atoms with E-state index in [2.05, 4.69) is 28.3 Å². The number of hydrogen-bond donors (Lipinski definition) is 1. The molecule has 1 fully saturated rings. The van der Waals surface area contributed by atoms with Crippen LogP contribution in [-0.4, -0.2) is 9.97 Å². The second-order valence-electron chi connectivity index (χ2n) is 5.07. The molecule has 0 saturated heterocycles. The number of benzene rings is 1. The highest BCUT2D eigenvalue weighted by molar-refractivity contribution is 5.53. The molecule has 92 valence electrons. The number of nitrogens with one attached hydrogen (secondary N) is 1. The van der Waals surface area contributed by atoms with E-state index in [4.69, 9.17) is 0 Å². The number of nitrogens with zero attached hydrogens (tertiary/aromatic N) is 2. The highest BCUT2D eigenvalue weighted by Gasteiger charge is 2.35. The Hall–Kier alpha value is -1.90. The van der Waals surface area contributed by atoms with Gasteiger partial charge in [0.15, 0.2) is 0 Å². The van der Waals surface area contributed by atoms with Gasteiger partial charge in [0, 0.05) is 23.0 Å². The van der Waals surface area contributed by atoms with Crippen molar-refractivity contribution < 1.29 is 0 Å². The van der Waals surface area contributed by atoms with Gasteiger partial charge in [0.1, 0.15) is 0 Å². The van der Waals surface area contributed by atoms with Gasteiger partial charge in [-0.05, 0) is 37.5 Å². The molecule has 1 aromatic heterocycles. The number of hydrogen-bond acceptors (Lipinski definition) is 3. The van der Waals surface area contributed by atoms with Crippen LogP contribution in [0.15, 0.2) is 36.4 Å². The van der Waals surface area contributed by atoms with Crippen LogP contribution in [0.1, 0.15) is 30.7 Å². The molecule has 2 unspecified atom stereocenters. The smallest absolute Gasteiger partial charge is 0.227 e. The van der Waals surface area contributed by atoms with Crippen LogP contribution < -0.4 is 5.32 Å². The lowest BCUT2D eigenvalue weighted by atomic mass is 10.2.